The van der Waals surface area contributed by atoms with Crippen molar-refractivity contribution >= 4 is 21.8 Å². The van der Waals surface area contributed by atoms with Gasteiger partial charge >= 0.3 is 0 Å². The fourth-order valence-electron chi connectivity index (χ4n) is 6.91. The predicted octanol–water partition coefficient (Wildman–Crippen LogP) is 10.2. The molecule has 0 amide bonds. The molecule has 8 nitrogen and oxygen atoms in total. The molecule has 8 heteroatoms. The number of ether oxygens (including phenoxy) is 6. The van der Waals surface area contributed by atoms with Gasteiger partial charge in [0.1, 0.15) is 49.4 Å². The van der Waals surface area contributed by atoms with Crippen LogP contribution in [0.4, 0.5) is 0 Å². The summed E-state index contributed by atoms with van der Waals surface area (Å²) in [7, 11) is 0. The molecule has 0 unspecified atom stereocenters. The molecule has 0 saturated carbocycles. The van der Waals surface area contributed by atoms with Crippen molar-refractivity contribution in [2.24, 2.45) is 0 Å². The smallest absolute Gasteiger partial charge is 0.136 e. The van der Waals surface area contributed by atoms with Crippen LogP contribution in [-0.2, 0) is 9.47 Å². The summed E-state index contributed by atoms with van der Waals surface area (Å²) in [5, 5.41) is 2.05. The van der Waals surface area contributed by atoms with Crippen LogP contribution >= 0.6 is 0 Å². The monoisotopic (exact) mass is 814 g/mol. The first-order valence-electron chi connectivity index (χ1n) is 20.6. The summed E-state index contributed by atoms with van der Waals surface area (Å²) in [6, 6.07) is 51.8. The third kappa shape index (κ3) is 10.0. The van der Waals surface area contributed by atoms with E-state index in [1.165, 1.54) is 0 Å². The second-order valence-electron chi connectivity index (χ2n) is 14.3. The first-order valence-corrected chi connectivity index (χ1v) is 20.6. The van der Waals surface area contributed by atoms with Crippen molar-refractivity contribution in [2.45, 2.75) is 0 Å². The lowest BCUT2D eigenvalue weighted by Gasteiger charge is -2.14. The molecule has 6 aromatic carbocycles. The molecule has 0 aliphatic carbocycles. The van der Waals surface area contributed by atoms with Crippen molar-refractivity contribution in [3.8, 4) is 69.2 Å². The van der Waals surface area contributed by atoms with Gasteiger partial charge in [-0.3, -0.25) is 0 Å². The van der Waals surface area contributed by atoms with Crippen molar-refractivity contribution in [2.75, 3.05) is 52.9 Å². The van der Waals surface area contributed by atoms with E-state index < -0.39 is 0 Å². The van der Waals surface area contributed by atoms with Crippen molar-refractivity contribution in [3.63, 3.8) is 0 Å². The SMILES string of the molecule is C(#Cc1cc2c(C#Cc3ccccc3)cc1OCCOCCOc1ccc(cc1)-c1ccc3ccc4ccc(nc4c3n1)-c1ccc(cc1)OCCOCCO2)c1ccccc1. The topological polar surface area (TPSA) is 81.2 Å². The molecule has 12 rings (SSSR count). The largest absolute Gasteiger partial charge is 0.491 e. The maximum Gasteiger partial charge on any atom is 0.136 e. The summed E-state index contributed by atoms with van der Waals surface area (Å²) < 4.78 is 36.5. The molecule has 304 valence electrons. The second-order valence-corrected chi connectivity index (χ2v) is 14.3. The number of benzene rings is 6. The summed E-state index contributed by atoms with van der Waals surface area (Å²) in [5.74, 6) is 15.8. The maximum atomic E-state index is 6.31. The van der Waals surface area contributed by atoms with Gasteiger partial charge < -0.3 is 28.4 Å². The summed E-state index contributed by atoms with van der Waals surface area (Å²) in [6.07, 6.45) is 0. The van der Waals surface area contributed by atoms with Gasteiger partial charge in [0.15, 0.2) is 0 Å². The molecule has 4 aliphatic heterocycles. The van der Waals surface area contributed by atoms with Crippen molar-refractivity contribution in [1.82, 2.24) is 9.97 Å². The minimum absolute atomic E-state index is 0.297. The maximum absolute atomic E-state index is 6.31. The fourth-order valence-corrected chi connectivity index (χ4v) is 6.91. The van der Waals surface area contributed by atoms with Crippen molar-refractivity contribution < 1.29 is 28.4 Å². The third-order valence-electron chi connectivity index (χ3n) is 10.1. The van der Waals surface area contributed by atoms with Crippen LogP contribution in [0.25, 0.3) is 44.3 Å². The predicted molar refractivity (Wildman–Crippen MR) is 243 cm³/mol. The van der Waals surface area contributed by atoms with E-state index in [4.69, 9.17) is 38.4 Å². The van der Waals surface area contributed by atoms with Crippen molar-refractivity contribution in [3.05, 3.63) is 180 Å². The minimum atomic E-state index is 0.297. The zero-order chi connectivity index (χ0) is 41.8. The Morgan fingerprint density at radius 2 is 0.742 bits per heavy atom. The molecule has 0 saturated heterocycles. The van der Waals surface area contributed by atoms with Gasteiger partial charge in [-0.1, -0.05) is 84.3 Å². The summed E-state index contributed by atoms with van der Waals surface area (Å²) >= 11 is 0. The van der Waals surface area contributed by atoms with Gasteiger partial charge in [0.05, 0.1) is 60.0 Å². The standard InChI is InChI=1S/C54H42N2O6/c1-3-7-39(8-4-1)11-13-45-37-52-46(14-12-40-9-5-2-6-10-40)38-51(45)61-35-31-57-29-33-59-47-23-17-41(18-24-47)49-27-21-43-15-16-44-22-28-50(56-54(44)53(43)55-49)42-19-25-48(26-20-42)60-34-30-58-32-36-62-52/h1-10,15-28,37-38H,29-36H2. The van der Waals surface area contributed by atoms with E-state index in [2.05, 4.69) is 47.9 Å². The fraction of sp³-hybridized carbons (Fsp3) is 0.148. The molecular formula is C54H42N2O6. The van der Waals surface area contributed by atoms with Crippen molar-refractivity contribution in [1.29, 1.82) is 0 Å². The minimum Gasteiger partial charge on any atom is -0.491 e. The van der Waals surface area contributed by atoms with E-state index in [9.17, 15) is 0 Å². The molecule has 62 heavy (non-hydrogen) atoms. The van der Waals surface area contributed by atoms with Crippen LogP contribution in [0.1, 0.15) is 22.3 Å². The van der Waals surface area contributed by atoms with Crippen LogP contribution in [0.2, 0.25) is 0 Å². The zero-order valence-electron chi connectivity index (χ0n) is 34.0. The van der Waals surface area contributed by atoms with Crippen LogP contribution < -0.4 is 18.9 Å². The first-order chi connectivity index (χ1) is 30.7. The Hall–Kier alpha value is -7.62. The van der Waals surface area contributed by atoms with E-state index >= 15 is 0 Å². The Morgan fingerprint density at radius 3 is 1.16 bits per heavy atom. The average molecular weight is 815 g/mol. The normalized spacial score (nSPS) is 13.4. The summed E-state index contributed by atoms with van der Waals surface area (Å²) in [4.78, 5) is 10.2. The second kappa shape index (κ2) is 19.6. The van der Waals surface area contributed by atoms with Gasteiger partial charge in [0, 0.05) is 45.2 Å². The highest BCUT2D eigenvalue weighted by molar-refractivity contribution is 6.04. The number of pyridine rings is 2. The van der Waals surface area contributed by atoms with Crippen LogP contribution in [0.3, 0.4) is 0 Å². The molecule has 0 atom stereocenters. The average Bonchev–Trinajstić information content (AvgIpc) is 3.33. The molecule has 0 N–H and O–H groups in total. The van der Waals surface area contributed by atoms with Crippen LogP contribution in [-0.4, -0.2) is 62.8 Å². The van der Waals surface area contributed by atoms with Gasteiger partial charge in [0.2, 0.25) is 0 Å². The number of hydrogen-bond acceptors (Lipinski definition) is 8. The summed E-state index contributed by atoms with van der Waals surface area (Å²) in [6.45, 7) is 2.83. The first kappa shape index (κ1) is 39.8. The molecule has 8 aromatic rings. The Bertz CT molecular complexity index is 2710. The molecular weight excluding hydrogens is 773 g/mol. The summed E-state index contributed by atoms with van der Waals surface area (Å²) in [5.41, 5.74) is 8.49. The highest BCUT2D eigenvalue weighted by Crippen LogP contribution is 2.31. The molecule has 6 heterocycles. The quantitative estimate of drug-likeness (QED) is 0.111. The lowest BCUT2D eigenvalue weighted by molar-refractivity contribution is 0.0755. The number of fused-ring (bicyclic) bond motifs is 2. The van der Waals surface area contributed by atoms with Gasteiger partial charge in [-0.15, -0.1) is 0 Å². The molecule has 10 bridgehead atoms. The molecule has 2 aromatic heterocycles. The lowest BCUT2D eigenvalue weighted by Crippen LogP contribution is -2.13. The Kier molecular flexibility index (Phi) is 12.6. The molecule has 0 radical (unpaired) electrons. The Balaban J connectivity index is 0.967. The number of hydrogen-bond donors (Lipinski definition) is 0. The van der Waals surface area contributed by atoms with Gasteiger partial charge in [-0.05, 0) is 84.9 Å². The Morgan fingerprint density at radius 1 is 0.355 bits per heavy atom. The molecule has 0 spiro atoms. The highest BCUT2D eigenvalue weighted by Gasteiger charge is 2.13. The Labute approximate surface area is 361 Å². The number of nitrogens with zero attached hydrogens (tertiary/aromatic N) is 2. The van der Waals surface area contributed by atoms with E-state index in [1.54, 1.807) is 0 Å². The van der Waals surface area contributed by atoms with Gasteiger partial charge in [-0.25, -0.2) is 9.97 Å². The van der Waals surface area contributed by atoms with E-state index in [-0.39, 0.29) is 0 Å². The lowest BCUT2D eigenvalue weighted by atomic mass is 10.1. The van der Waals surface area contributed by atoms with E-state index in [0.717, 1.165) is 66.9 Å². The van der Waals surface area contributed by atoms with E-state index in [0.29, 0.717) is 75.5 Å². The third-order valence-corrected chi connectivity index (χ3v) is 10.1. The van der Waals surface area contributed by atoms with Gasteiger partial charge in [-0.2, -0.15) is 0 Å². The highest BCUT2D eigenvalue weighted by atomic mass is 16.6. The van der Waals surface area contributed by atoms with Crippen LogP contribution in [0, 0.1) is 23.7 Å². The van der Waals surface area contributed by atoms with Crippen LogP contribution in [0.5, 0.6) is 23.0 Å². The number of rotatable bonds is 0. The molecule has 0 fully saturated rings. The van der Waals surface area contributed by atoms with E-state index in [1.807, 2.05) is 133 Å². The van der Waals surface area contributed by atoms with Crippen LogP contribution in [0.15, 0.2) is 158 Å². The zero-order valence-corrected chi connectivity index (χ0v) is 34.0. The molecule has 4 aliphatic rings. The number of aromatic nitrogens is 2. The van der Waals surface area contributed by atoms with Gasteiger partial charge in [0.25, 0.3) is 0 Å².